The average Bonchev–Trinajstić information content (AvgIpc) is 2.43. The normalized spacial score (nSPS) is 10.1. The number of nitrogens with zero attached hydrogens (tertiary/aromatic N) is 2. The highest BCUT2D eigenvalue weighted by Gasteiger charge is 2.13. The Morgan fingerprint density at radius 1 is 1.06 bits per heavy atom. The summed E-state index contributed by atoms with van der Waals surface area (Å²) in [7, 11) is -3.57. The summed E-state index contributed by atoms with van der Waals surface area (Å²) in [6, 6.07) is 8.09. The number of benzene rings is 1. The van der Waals surface area contributed by atoms with E-state index in [2.05, 4.69) is 14.7 Å². The zero-order valence-electron chi connectivity index (χ0n) is 10.2. The first-order valence-electron chi connectivity index (χ1n) is 5.52. The number of hydrogen-bond acceptors (Lipinski definition) is 4. The fraction of sp³-hybridized carbons (Fsp3) is 0.167. The van der Waals surface area contributed by atoms with Gasteiger partial charge in [-0.1, -0.05) is 32.0 Å². The minimum atomic E-state index is -3.57. The van der Waals surface area contributed by atoms with E-state index in [1.807, 2.05) is 13.8 Å². The van der Waals surface area contributed by atoms with Crippen LogP contribution in [-0.4, -0.2) is 18.4 Å². The maximum atomic E-state index is 11.8. The zero-order chi connectivity index (χ0) is 13.4. The molecular formula is C12H15N3O2S. The first-order valence-corrected chi connectivity index (χ1v) is 7.01. The topological polar surface area (TPSA) is 72.0 Å². The molecule has 96 valence electrons. The molecule has 1 aromatic carbocycles. The van der Waals surface area contributed by atoms with Crippen molar-refractivity contribution >= 4 is 15.8 Å². The van der Waals surface area contributed by atoms with Crippen molar-refractivity contribution in [1.82, 2.24) is 9.97 Å². The Labute approximate surface area is 107 Å². The molecule has 0 spiro atoms. The average molecular weight is 265 g/mol. The van der Waals surface area contributed by atoms with Crippen molar-refractivity contribution in [3.63, 3.8) is 0 Å². The van der Waals surface area contributed by atoms with Gasteiger partial charge < -0.3 is 0 Å². The van der Waals surface area contributed by atoms with E-state index in [1.54, 1.807) is 18.2 Å². The molecule has 2 rings (SSSR count). The lowest BCUT2D eigenvalue weighted by Gasteiger charge is -2.05. The second-order valence-electron chi connectivity index (χ2n) is 3.01. The van der Waals surface area contributed by atoms with Gasteiger partial charge in [-0.05, 0) is 12.1 Å². The van der Waals surface area contributed by atoms with Crippen LogP contribution in [0.25, 0.3) is 0 Å². The van der Waals surface area contributed by atoms with Gasteiger partial charge in [0.25, 0.3) is 10.0 Å². The van der Waals surface area contributed by atoms with Crippen LogP contribution < -0.4 is 4.72 Å². The third kappa shape index (κ3) is 3.81. The fourth-order valence-corrected chi connectivity index (χ4v) is 2.16. The van der Waals surface area contributed by atoms with Crippen LogP contribution in [0, 0.1) is 0 Å². The second kappa shape index (κ2) is 6.70. The van der Waals surface area contributed by atoms with Crippen LogP contribution in [0.3, 0.4) is 0 Å². The maximum absolute atomic E-state index is 11.8. The fourth-order valence-electron chi connectivity index (χ4n) is 1.15. The van der Waals surface area contributed by atoms with Crippen LogP contribution >= 0.6 is 0 Å². The largest absolute Gasteiger partial charge is 0.263 e. The minimum absolute atomic E-state index is 0.195. The van der Waals surface area contributed by atoms with Crippen LogP contribution in [0.5, 0.6) is 0 Å². The molecule has 0 bridgehead atoms. The molecule has 0 amide bonds. The Balaban J connectivity index is 0.000000771. The summed E-state index contributed by atoms with van der Waals surface area (Å²) in [5, 5.41) is 0. The lowest BCUT2D eigenvalue weighted by molar-refractivity contribution is 0.601. The standard InChI is InChI=1S/C10H9N3O2S.C2H6/c14-16(15,9-4-2-1-3-5-9)13-10-8-11-6-7-12-10;1-2/h1-8H,(H,12,13);1-2H3. The van der Waals surface area contributed by atoms with Crippen LogP contribution in [0.4, 0.5) is 5.82 Å². The van der Waals surface area contributed by atoms with Crippen molar-refractivity contribution in [2.45, 2.75) is 18.7 Å². The van der Waals surface area contributed by atoms with Crippen molar-refractivity contribution in [3.05, 3.63) is 48.9 Å². The molecule has 18 heavy (non-hydrogen) atoms. The Hall–Kier alpha value is -1.95. The molecule has 0 fully saturated rings. The summed E-state index contributed by atoms with van der Waals surface area (Å²) in [4.78, 5) is 7.80. The molecule has 0 atom stereocenters. The van der Waals surface area contributed by atoms with E-state index >= 15 is 0 Å². The smallest absolute Gasteiger partial charge is 0.262 e. The quantitative estimate of drug-likeness (QED) is 0.924. The second-order valence-corrected chi connectivity index (χ2v) is 4.69. The van der Waals surface area contributed by atoms with E-state index in [0.29, 0.717) is 0 Å². The van der Waals surface area contributed by atoms with Gasteiger partial charge >= 0.3 is 0 Å². The zero-order valence-corrected chi connectivity index (χ0v) is 11.1. The molecule has 0 saturated carbocycles. The van der Waals surface area contributed by atoms with Gasteiger partial charge in [-0.25, -0.2) is 13.4 Å². The summed E-state index contributed by atoms with van der Waals surface area (Å²) in [5.74, 6) is 0.200. The molecule has 1 heterocycles. The van der Waals surface area contributed by atoms with Gasteiger partial charge in [0, 0.05) is 12.4 Å². The monoisotopic (exact) mass is 265 g/mol. The summed E-state index contributed by atoms with van der Waals surface area (Å²) < 4.78 is 26.0. The lowest BCUT2D eigenvalue weighted by atomic mass is 10.4. The number of rotatable bonds is 3. The predicted octanol–water partition coefficient (Wildman–Crippen LogP) is 2.30. The summed E-state index contributed by atoms with van der Waals surface area (Å²) >= 11 is 0. The molecule has 0 saturated heterocycles. The highest BCUT2D eigenvalue weighted by Crippen LogP contribution is 2.12. The van der Waals surface area contributed by atoms with Crippen LogP contribution in [-0.2, 0) is 10.0 Å². The van der Waals surface area contributed by atoms with Gasteiger partial charge in [-0.3, -0.25) is 9.71 Å². The van der Waals surface area contributed by atoms with Crippen LogP contribution in [0.2, 0.25) is 0 Å². The van der Waals surface area contributed by atoms with Crippen molar-refractivity contribution in [1.29, 1.82) is 0 Å². The molecule has 0 aliphatic heterocycles. The minimum Gasteiger partial charge on any atom is -0.262 e. The summed E-state index contributed by atoms with van der Waals surface area (Å²) in [6.45, 7) is 4.00. The van der Waals surface area contributed by atoms with Crippen molar-refractivity contribution in [2.24, 2.45) is 0 Å². The number of sulfonamides is 1. The van der Waals surface area contributed by atoms with Gasteiger partial charge in [0.15, 0.2) is 5.82 Å². The molecule has 2 aromatic rings. The van der Waals surface area contributed by atoms with Gasteiger partial charge in [-0.2, -0.15) is 0 Å². The van der Waals surface area contributed by atoms with Crippen LogP contribution in [0.1, 0.15) is 13.8 Å². The first kappa shape index (κ1) is 14.1. The molecular weight excluding hydrogens is 250 g/mol. The maximum Gasteiger partial charge on any atom is 0.263 e. The first-order chi connectivity index (χ1) is 8.68. The van der Waals surface area contributed by atoms with E-state index in [1.165, 1.54) is 30.7 Å². The van der Waals surface area contributed by atoms with Crippen molar-refractivity contribution < 1.29 is 8.42 Å². The van der Waals surface area contributed by atoms with Crippen LogP contribution in [0.15, 0.2) is 53.8 Å². The molecule has 1 aromatic heterocycles. The number of hydrogen-bond donors (Lipinski definition) is 1. The van der Waals surface area contributed by atoms with E-state index in [0.717, 1.165) is 0 Å². The molecule has 6 heteroatoms. The van der Waals surface area contributed by atoms with Gasteiger partial charge in [0.2, 0.25) is 0 Å². The van der Waals surface area contributed by atoms with E-state index < -0.39 is 10.0 Å². The Bertz CT molecular complexity index is 556. The molecule has 1 N–H and O–H groups in total. The highest BCUT2D eigenvalue weighted by atomic mass is 32.2. The highest BCUT2D eigenvalue weighted by molar-refractivity contribution is 7.92. The predicted molar refractivity (Wildman–Crippen MR) is 70.6 cm³/mol. The van der Waals surface area contributed by atoms with Gasteiger partial charge in [-0.15, -0.1) is 0 Å². The van der Waals surface area contributed by atoms with E-state index in [-0.39, 0.29) is 10.7 Å². The van der Waals surface area contributed by atoms with E-state index in [9.17, 15) is 8.42 Å². The van der Waals surface area contributed by atoms with Crippen molar-refractivity contribution in [3.8, 4) is 0 Å². The SMILES string of the molecule is CC.O=S(=O)(Nc1cnccn1)c1ccccc1. The van der Waals surface area contributed by atoms with Crippen molar-refractivity contribution in [2.75, 3.05) is 4.72 Å². The third-order valence-electron chi connectivity index (χ3n) is 1.86. The van der Waals surface area contributed by atoms with E-state index in [4.69, 9.17) is 0 Å². The Morgan fingerprint density at radius 3 is 2.28 bits per heavy atom. The molecule has 5 nitrogen and oxygen atoms in total. The molecule has 0 aliphatic carbocycles. The number of anilines is 1. The summed E-state index contributed by atoms with van der Waals surface area (Å²) in [5.41, 5.74) is 0. The lowest BCUT2D eigenvalue weighted by Crippen LogP contribution is -2.13. The van der Waals surface area contributed by atoms with Gasteiger partial charge in [0.1, 0.15) is 0 Å². The van der Waals surface area contributed by atoms with Gasteiger partial charge in [0.05, 0.1) is 11.1 Å². The molecule has 0 aliphatic rings. The summed E-state index contributed by atoms with van der Waals surface area (Å²) in [6.07, 6.45) is 4.24. The Kier molecular flexibility index (Phi) is 5.26. The number of aromatic nitrogens is 2. The third-order valence-corrected chi connectivity index (χ3v) is 3.23. The Morgan fingerprint density at radius 2 is 1.72 bits per heavy atom. The number of nitrogens with one attached hydrogen (secondary N) is 1. The molecule has 0 radical (unpaired) electrons. The molecule has 0 unspecified atom stereocenters.